The van der Waals surface area contributed by atoms with Crippen LogP contribution in [0.1, 0.15) is 30.9 Å². The van der Waals surface area contributed by atoms with Crippen LogP contribution >= 0.6 is 11.8 Å². The van der Waals surface area contributed by atoms with E-state index in [9.17, 15) is 10.1 Å². The number of hydrogen-bond donors (Lipinski definition) is 1. The molecule has 6 aromatic rings. The quantitative estimate of drug-likeness (QED) is 0.152. The summed E-state index contributed by atoms with van der Waals surface area (Å²) in [5.41, 5.74) is 5.44. The zero-order valence-electron chi connectivity index (χ0n) is 25.6. The minimum absolute atomic E-state index is 0.0114. The second kappa shape index (κ2) is 13.6. The number of furan rings is 1. The zero-order chi connectivity index (χ0) is 32.0. The first-order valence-electron chi connectivity index (χ1n) is 14.8. The predicted molar refractivity (Wildman–Crippen MR) is 181 cm³/mol. The van der Waals surface area contributed by atoms with Gasteiger partial charge in [0.15, 0.2) is 11.0 Å². The summed E-state index contributed by atoms with van der Waals surface area (Å²) in [7, 11) is 1.63. The molecule has 0 unspecified atom stereocenters. The number of thioether (sulfide) groups is 1. The SMILES string of the molecule is COc1ccc(-c2nnc(SCC(=O)Nc3oc(-c4ccccc4)c(-c4ccccc4)c3C#N)n2-c2ccccc2C(C)C)cc1. The molecule has 1 N–H and O–H groups in total. The summed E-state index contributed by atoms with van der Waals surface area (Å²) in [6, 6.07) is 37.1. The fraction of sp³-hybridized carbons (Fsp3) is 0.135. The van der Waals surface area contributed by atoms with Crippen LogP contribution in [-0.4, -0.2) is 33.5 Å². The second-order valence-corrected chi connectivity index (χ2v) is 11.7. The molecule has 0 spiro atoms. The van der Waals surface area contributed by atoms with E-state index in [1.165, 1.54) is 11.8 Å². The van der Waals surface area contributed by atoms with Crippen molar-refractivity contribution in [3.8, 4) is 51.3 Å². The van der Waals surface area contributed by atoms with Crippen LogP contribution in [0.25, 0.3) is 39.5 Å². The topological polar surface area (TPSA) is 106 Å². The number of para-hydroxylation sites is 1. The summed E-state index contributed by atoms with van der Waals surface area (Å²) in [5, 5.41) is 22.7. The highest BCUT2D eigenvalue weighted by atomic mass is 32.2. The van der Waals surface area contributed by atoms with E-state index in [0.29, 0.717) is 22.3 Å². The van der Waals surface area contributed by atoms with Crippen LogP contribution in [-0.2, 0) is 4.79 Å². The van der Waals surface area contributed by atoms with Crippen molar-refractivity contribution in [2.45, 2.75) is 24.9 Å². The Morgan fingerprint density at radius 3 is 2.20 bits per heavy atom. The number of carbonyl (C=O) groups excluding carboxylic acids is 1. The zero-order valence-corrected chi connectivity index (χ0v) is 26.4. The van der Waals surface area contributed by atoms with Crippen molar-refractivity contribution in [1.29, 1.82) is 5.26 Å². The van der Waals surface area contributed by atoms with Gasteiger partial charge in [0.2, 0.25) is 11.8 Å². The smallest absolute Gasteiger partial charge is 0.237 e. The lowest BCUT2D eigenvalue weighted by molar-refractivity contribution is -0.113. The van der Waals surface area contributed by atoms with Crippen molar-refractivity contribution < 1.29 is 13.9 Å². The predicted octanol–water partition coefficient (Wildman–Crippen LogP) is 8.60. The fourth-order valence-electron chi connectivity index (χ4n) is 5.28. The molecule has 0 radical (unpaired) electrons. The van der Waals surface area contributed by atoms with E-state index >= 15 is 0 Å². The lowest BCUT2D eigenvalue weighted by Gasteiger charge is -2.17. The summed E-state index contributed by atoms with van der Waals surface area (Å²) >= 11 is 1.26. The van der Waals surface area contributed by atoms with E-state index in [2.05, 4.69) is 41.5 Å². The Morgan fingerprint density at radius 1 is 0.891 bits per heavy atom. The molecule has 0 saturated heterocycles. The maximum atomic E-state index is 13.4. The van der Waals surface area contributed by atoms with Gasteiger partial charge < -0.3 is 9.15 Å². The lowest BCUT2D eigenvalue weighted by atomic mass is 9.98. The van der Waals surface area contributed by atoms with Gasteiger partial charge in [-0.25, -0.2) is 0 Å². The normalized spacial score (nSPS) is 10.9. The number of rotatable bonds is 10. The van der Waals surface area contributed by atoms with E-state index in [4.69, 9.17) is 9.15 Å². The molecule has 0 bridgehead atoms. The molecule has 0 aliphatic rings. The van der Waals surface area contributed by atoms with Gasteiger partial charge in [0.1, 0.15) is 23.1 Å². The number of anilines is 1. The third kappa shape index (κ3) is 6.16. The van der Waals surface area contributed by atoms with Crippen molar-refractivity contribution in [2.24, 2.45) is 0 Å². The summed E-state index contributed by atoms with van der Waals surface area (Å²) in [6.07, 6.45) is 0. The molecule has 0 saturated carbocycles. The van der Waals surface area contributed by atoms with Crippen molar-refractivity contribution in [1.82, 2.24) is 14.8 Å². The Hall–Kier alpha value is -5.59. The Bertz CT molecular complexity index is 2010. The maximum absolute atomic E-state index is 13.4. The molecule has 0 aliphatic carbocycles. The van der Waals surface area contributed by atoms with Crippen molar-refractivity contribution >= 4 is 23.6 Å². The van der Waals surface area contributed by atoms with Gasteiger partial charge in [-0.15, -0.1) is 10.2 Å². The molecule has 46 heavy (non-hydrogen) atoms. The molecule has 9 heteroatoms. The van der Waals surface area contributed by atoms with Crippen molar-refractivity contribution in [3.05, 3.63) is 120 Å². The van der Waals surface area contributed by atoms with Gasteiger partial charge in [0.05, 0.1) is 18.6 Å². The van der Waals surface area contributed by atoms with Crippen LogP contribution in [0.15, 0.2) is 119 Å². The summed E-state index contributed by atoms with van der Waals surface area (Å²) in [6.45, 7) is 4.28. The molecule has 2 heterocycles. The molecule has 8 nitrogen and oxygen atoms in total. The minimum atomic E-state index is -0.341. The molecule has 0 atom stereocenters. The number of benzene rings is 4. The maximum Gasteiger partial charge on any atom is 0.237 e. The number of nitriles is 1. The fourth-order valence-corrected chi connectivity index (χ4v) is 6.02. The van der Waals surface area contributed by atoms with E-state index in [1.54, 1.807) is 7.11 Å². The van der Waals surface area contributed by atoms with Gasteiger partial charge in [0, 0.05) is 16.7 Å². The van der Waals surface area contributed by atoms with Crippen LogP contribution in [0, 0.1) is 11.3 Å². The number of aromatic nitrogens is 3. The van der Waals surface area contributed by atoms with Crippen LogP contribution in [0.2, 0.25) is 0 Å². The van der Waals surface area contributed by atoms with Gasteiger partial charge in [-0.1, -0.05) is 104 Å². The number of methoxy groups -OCH3 is 1. The monoisotopic (exact) mass is 625 g/mol. The molecule has 0 aliphatic heterocycles. The molecule has 2 aromatic heterocycles. The third-order valence-corrected chi connectivity index (χ3v) is 8.41. The van der Waals surface area contributed by atoms with Gasteiger partial charge in [-0.2, -0.15) is 5.26 Å². The largest absolute Gasteiger partial charge is 0.497 e. The highest BCUT2D eigenvalue weighted by molar-refractivity contribution is 7.99. The van der Waals surface area contributed by atoms with E-state index in [-0.39, 0.29) is 29.0 Å². The first kappa shape index (κ1) is 30.4. The Labute approximate surface area is 271 Å². The summed E-state index contributed by atoms with van der Waals surface area (Å²) < 4.78 is 13.5. The molecular weight excluding hydrogens is 595 g/mol. The van der Waals surface area contributed by atoms with Crippen molar-refractivity contribution in [3.63, 3.8) is 0 Å². The van der Waals surface area contributed by atoms with Crippen LogP contribution in [0.3, 0.4) is 0 Å². The van der Waals surface area contributed by atoms with Gasteiger partial charge >= 0.3 is 0 Å². The standard InChI is InChI=1S/C37H31N5O3S/c1-24(2)29-16-10-11-17-31(29)42-35(27-18-20-28(44-3)21-19-27)40-41-37(42)46-23-32(43)39-36-30(22-38)33(25-12-6-4-7-13-25)34(45-36)26-14-8-5-9-15-26/h4-21,24H,23H2,1-3H3,(H,39,43). The highest BCUT2D eigenvalue weighted by Crippen LogP contribution is 2.41. The Morgan fingerprint density at radius 2 is 1.54 bits per heavy atom. The van der Waals surface area contributed by atoms with E-state index in [0.717, 1.165) is 33.7 Å². The first-order chi connectivity index (χ1) is 22.5. The van der Waals surface area contributed by atoms with Crippen LogP contribution < -0.4 is 10.1 Å². The molecule has 4 aromatic carbocycles. The molecular formula is C37H31N5O3S. The van der Waals surface area contributed by atoms with E-state index in [1.807, 2.05) is 108 Å². The number of amides is 1. The summed E-state index contributed by atoms with van der Waals surface area (Å²) in [5.74, 6) is 1.92. The van der Waals surface area contributed by atoms with Gasteiger partial charge in [-0.3, -0.25) is 14.7 Å². The first-order valence-corrected chi connectivity index (χ1v) is 15.8. The molecule has 1 amide bonds. The second-order valence-electron chi connectivity index (χ2n) is 10.8. The lowest BCUT2D eigenvalue weighted by Crippen LogP contribution is -2.15. The number of nitrogens with one attached hydrogen (secondary N) is 1. The average Bonchev–Trinajstić information content (AvgIpc) is 3.69. The molecule has 228 valence electrons. The van der Waals surface area contributed by atoms with Crippen LogP contribution in [0.4, 0.5) is 5.88 Å². The molecule has 0 fully saturated rings. The number of carbonyl (C=O) groups is 1. The van der Waals surface area contributed by atoms with Gasteiger partial charge in [-0.05, 0) is 47.4 Å². The Kier molecular flexibility index (Phi) is 8.99. The van der Waals surface area contributed by atoms with Gasteiger partial charge in [0.25, 0.3) is 0 Å². The summed E-state index contributed by atoms with van der Waals surface area (Å²) in [4.78, 5) is 13.4. The number of hydrogen-bond acceptors (Lipinski definition) is 7. The minimum Gasteiger partial charge on any atom is -0.497 e. The van der Waals surface area contributed by atoms with Crippen molar-refractivity contribution in [2.75, 3.05) is 18.2 Å². The highest BCUT2D eigenvalue weighted by Gasteiger charge is 2.25. The van der Waals surface area contributed by atoms with Crippen LogP contribution in [0.5, 0.6) is 5.75 Å². The Balaban J connectivity index is 1.33. The average molecular weight is 626 g/mol. The third-order valence-electron chi connectivity index (χ3n) is 7.49. The number of ether oxygens (including phenoxy) is 1. The van der Waals surface area contributed by atoms with E-state index < -0.39 is 0 Å². The molecule has 6 rings (SSSR count). The number of nitrogens with zero attached hydrogens (tertiary/aromatic N) is 4.